The fourth-order valence-corrected chi connectivity index (χ4v) is 2.42. The third-order valence-corrected chi connectivity index (χ3v) is 3.64. The van der Waals surface area contributed by atoms with E-state index in [1.54, 1.807) is 12.3 Å². The molecule has 1 N–H and O–H groups in total. The van der Waals surface area contributed by atoms with Crippen molar-refractivity contribution in [2.24, 2.45) is 0 Å². The van der Waals surface area contributed by atoms with E-state index in [-0.39, 0.29) is 5.91 Å². The van der Waals surface area contributed by atoms with Crippen molar-refractivity contribution < 1.29 is 9.21 Å². The highest BCUT2D eigenvalue weighted by Crippen LogP contribution is 2.17. The molecule has 0 aliphatic rings. The Labute approximate surface area is 129 Å². The summed E-state index contributed by atoms with van der Waals surface area (Å²) >= 11 is 3.19. The zero-order valence-corrected chi connectivity index (χ0v) is 12.6. The average molecular weight is 346 g/mol. The first-order chi connectivity index (χ1) is 10.3. The smallest absolute Gasteiger partial charge is 0.256 e. The molecule has 2 heterocycles. The fraction of sp³-hybridized carbons (Fsp3) is 0.0667. The van der Waals surface area contributed by atoms with Crippen molar-refractivity contribution in [3.63, 3.8) is 0 Å². The first-order valence-corrected chi connectivity index (χ1v) is 7.14. The molecule has 0 radical (unpaired) electrons. The number of amides is 1. The van der Waals surface area contributed by atoms with Crippen LogP contribution in [-0.2, 0) is 6.54 Å². The number of hydrogen-bond donors (Lipinski definition) is 1. The number of imidazole rings is 1. The van der Waals surface area contributed by atoms with Gasteiger partial charge in [0, 0.05) is 18.1 Å². The Kier molecular flexibility index (Phi) is 3.87. The molecule has 21 heavy (non-hydrogen) atoms. The van der Waals surface area contributed by atoms with Gasteiger partial charge in [0.05, 0.1) is 18.4 Å². The van der Waals surface area contributed by atoms with Crippen molar-refractivity contribution in [3.05, 3.63) is 71.1 Å². The van der Waals surface area contributed by atoms with Crippen LogP contribution >= 0.6 is 15.9 Å². The van der Waals surface area contributed by atoms with Gasteiger partial charge in [-0.1, -0.05) is 18.2 Å². The lowest BCUT2D eigenvalue weighted by molar-refractivity contribution is 0.0948. The zero-order chi connectivity index (χ0) is 14.7. The second-order valence-corrected chi connectivity index (χ2v) is 5.06. The molecule has 2 aromatic heterocycles. The highest BCUT2D eigenvalue weighted by Gasteiger charge is 2.13. The molecule has 0 atom stereocenters. The maximum atomic E-state index is 12.0. The van der Waals surface area contributed by atoms with E-state index in [0.29, 0.717) is 16.8 Å². The van der Waals surface area contributed by atoms with Crippen molar-refractivity contribution in [1.29, 1.82) is 0 Å². The summed E-state index contributed by atoms with van der Waals surface area (Å²) in [7, 11) is 0. The number of carbonyl (C=O) groups is 1. The summed E-state index contributed by atoms with van der Waals surface area (Å²) in [6, 6.07) is 11.5. The Morgan fingerprint density at radius 1 is 1.29 bits per heavy atom. The highest BCUT2D eigenvalue weighted by molar-refractivity contribution is 9.10. The molecular weight excluding hydrogens is 334 g/mol. The van der Waals surface area contributed by atoms with Crippen molar-refractivity contribution in [2.45, 2.75) is 6.54 Å². The maximum Gasteiger partial charge on any atom is 0.256 e. The van der Waals surface area contributed by atoms with E-state index in [1.807, 2.05) is 41.1 Å². The van der Waals surface area contributed by atoms with Gasteiger partial charge in [-0.2, -0.15) is 0 Å². The number of carbonyl (C=O) groups excluding carboxylic acids is 1. The van der Waals surface area contributed by atoms with Crippen LogP contribution in [0.4, 0.5) is 0 Å². The number of nitrogens with zero attached hydrogens (tertiary/aromatic N) is 2. The van der Waals surface area contributed by atoms with E-state index in [1.165, 1.54) is 6.26 Å². The number of hydrogen-bond acceptors (Lipinski definition) is 3. The van der Waals surface area contributed by atoms with Gasteiger partial charge in [0.25, 0.3) is 5.91 Å². The Balaban J connectivity index is 1.74. The molecule has 0 bridgehead atoms. The van der Waals surface area contributed by atoms with E-state index in [2.05, 4.69) is 26.2 Å². The molecule has 0 spiro atoms. The van der Waals surface area contributed by atoms with Crippen LogP contribution in [-0.4, -0.2) is 15.5 Å². The van der Waals surface area contributed by atoms with Crippen molar-refractivity contribution >= 4 is 21.8 Å². The predicted octanol–water partition coefficient (Wildman–Crippen LogP) is 3.16. The van der Waals surface area contributed by atoms with Crippen LogP contribution in [0.15, 0.2) is 64.1 Å². The molecule has 6 heteroatoms. The van der Waals surface area contributed by atoms with Gasteiger partial charge in [0.2, 0.25) is 0 Å². The van der Waals surface area contributed by atoms with Gasteiger partial charge in [-0.05, 0) is 34.1 Å². The van der Waals surface area contributed by atoms with Crippen LogP contribution in [0.5, 0.6) is 0 Å². The molecule has 1 aromatic carbocycles. The largest absolute Gasteiger partial charge is 0.457 e. The summed E-state index contributed by atoms with van der Waals surface area (Å²) in [5, 5.41) is 2.83. The first kappa shape index (κ1) is 13.6. The Hall–Kier alpha value is -2.34. The van der Waals surface area contributed by atoms with Crippen molar-refractivity contribution in [3.8, 4) is 5.69 Å². The standard InChI is InChI=1S/C15H12BrN3O2/c16-14-12(6-9-21-14)15(20)18-10-13-17-7-8-19(13)11-4-2-1-3-5-11/h1-9H,10H2,(H,18,20). The minimum absolute atomic E-state index is 0.210. The molecule has 0 aliphatic carbocycles. The Bertz CT molecular complexity index is 749. The molecule has 5 nitrogen and oxygen atoms in total. The summed E-state index contributed by atoms with van der Waals surface area (Å²) in [5.74, 6) is 0.549. The number of furan rings is 1. The quantitative estimate of drug-likeness (QED) is 0.789. The second-order valence-electron chi connectivity index (χ2n) is 4.34. The average Bonchev–Trinajstić information content (AvgIpc) is 3.14. The third-order valence-electron chi connectivity index (χ3n) is 3.02. The third kappa shape index (κ3) is 2.90. The predicted molar refractivity (Wildman–Crippen MR) is 81.1 cm³/mol. The normalized spacial score (nSPS) is 10.5. The SMILES string of the molecule is O=C(NCc1nccn1-c1ccccc1)c1ccoc1Br. The van der Waals surface area contributed by atoms with Crippen LogP contribution in [0.2, 0.25) is 0 Å². The lowest BCUT2D eigenvalue weighted by atomic mass is 10.3. The Morgan fingerprint density at radius 3 is 2.81 bits per heavy atom. The monoisotopic (exact) mass is 345 g/mol. The van der Waals surface area contributed by atoms with Gasteiger partial charge in [-0.15, -0.1) is 0 Å². The number of benzene rings is 1. The van der Waals surface area contributed by atoms with Crippen LogP contribution in [0.3, 0.4) is 0 Å². The van der Waals surface area contributed by atoms with Gasteiger partial charge < -0.3 is 14.3 Å². The molecule has 3 aromatic rings. The van der Waals surface area contributed by atoms with E-state index in [4.69, 9.17) is 4.42 Å². The van der Waals surface area contributed by atoms with Gasteiger partial charge in [-0.3, -0.25) is 4.79 Å². The highest BCUT2D eigenvalue weighted by atomic mass is 79.9. The molecule has 0 fully saturated rings. The molecule has 0 saturated heterocycles. The first-order valence-electron chi connectivity index (χ1n) is 6.34. The second kappa shape index (κ2) is 5.97. The summed E-state index contributed by atoms with van der Waals surface area (Å²) < 4.78 is 7.41. The minimum Gasteiger partial charge on any atom is -0.457 e. The maximum absolute atomic E-state index is 12.0. The number of halogens is 1. The fourth-order valence-electron chi connectivity index (χ4n) is 2.00. The molecule has 106 valence electrons. The van der Waals surface area contributed by atoms with E-state index >= 15 is 0 Å². The number of rotatable bonds is 4. The van der Waals surface area contributed by atoms with Gasteiger partial charge in [0.1, 0.15) is 5.82 Å². The molecule has 3 rings (SSSR count). The number of aromatic nitrogens is 2. The molecule has 0 saturated carbocycles. The van der Waals surface area contributed by atoms with E-state index in [9.17, 15) is 4.79 Å². The van der Waals surface area contributed by atoms with Crippen LogP contribution in [0, 0.1) is 0 Å². The molecular formula is C15H12BrN3O2. The summed E-state index contributed by atoms with van der Waals surface area (Å²) in [5.41, 5.74) is 1.47. The van der Waals surface area contributed by atoms with Gasteiger partial charge >= 0.3 is 0 Å². The van der Waals surface area contributed by atoms with Crippen molar-refractivity contribution in [2.75, 3.05) is 0 Å². The number of nitrogens with one attached hydrogen (secondary N) is 1. The van der Waals surface area contributed by atoms with Crippen LogP contribution in [0.1, 0.15) is 16.2 Å². The molecule has 0 aliphatic heterocycles. The topological polar surface area (TPSA) is 60.1 Å². The van der Waals surface area contributed by atoms with Crippen LogP contribution < -0.4 is 5.32 Å². The molecule has 0 unspecified atom stereocenters. The minimum atomic E-state index is -0.210. The lowest BCUT2D eigenvalue weighted by Gasteiger charge is -2.08. The molecule has 1 amide bonds. The summed E-state index contributed by atoms with van der Waals surface area (Å²) in [6.45, 7) is 0.332. The lowest BCUT2D eigenvalue weighted by Crippen LogP contribution is -2.24. The summed E-state index contributed by atoms with van der Waals surface area (Å²) in [6.07, 6.45) is 5.04. The van der Waals surface area contributed by atoms with Gasteiger partial charge in [-0.25, -0.2) is 4.98 Å². The Morgan fingerprint density at radius 2 is 2.10 bits per heavy atom. The van der Waals surface area contributed by atoms with Crippen molar-refractivity contribution in [1.82, 2.24) is 14.9 Å². The van der Waals surface area contributed by atoms with E-state index in [0.717, 1.165) is 11.5 Å². The van der Waals surface area contributed by atoms with E-state index < -0.39 is 0 Å². The zero-order valence-electron chi connectivity index (χ0n) is 11.0. The number of para-hydroxylation sites is 1. The van der Waals surface area contributed by atoms with Gasteiger partial charge in [0.15, 0.2) is 4.67 Å². The van der Waals surface area contributed by atoms with Crippen LogP contribution in [0.25, 0.3) is 5.69 Å². The summed E-state index contributed by atoms with van der Waals surface area (Å²) in [4.78, 5) is 16.3.